The number of aryl methyl sites for hydroxylation is 2. The Bertz CT molecular complexity index is 548. The molecule has 0 spiro atoms. The van der Waals surface area contributed by atoms with E-state index in [1.54, 1.807) is 11.3 Å². The lowest BCUT2D eigenvalue weighted by Crippen LogP contribution is -2.38. The van der Waals surface area contributed by atoms with E-state index in [-0.39, 0.29) is 24.0 Å². The van der Waals surface area contributed by atoms with Crippen LogP contribution in [0.4, 0.5) is 0 Å². The fourth-order valence-electron chi connectivity index (χ4n) is 2.87. The van der Waals surface area contributed by atoms with Gasteiger partial charge in [0, 0.05) is 50.1 Å². The molecule has 0 aromatic carbocycles. The van der Waals surface area contributed by atoms with Crippen molar-refractivity contribution in [1.29, 1.82) is 0 Å². The minimum atomic E-state index is 0. The predicted molar refractivity (Wildman–Crippen MR) is 124 cm³/mol. The molecule has 0 amide bonds. The smallest absolute Gasteiger partial charge is 0.191 e. The van der Waals surface area contributed by atoms with Crippen LogP contribution in [-0.2, 0) is 22.3 Å². The number of hydrogen-bond acceptors (Lipinski definition) is 5. The number of ether oxygens (including phenoxy) is 2. The lowest BCUT2D eigenvalue weighted by atomic mass is 10.1. The summed E-state index contributed by atoms with van der Waals surface area (Å²) in [5.41, 5.74) is 1.23. The molecule has 8 heteroatoms. The average molecular weight is 510 g/mol. The molecule has 0 bridgehead atoms. The van der Waals surface area contributed by atoms with Crippen molar-refractivity contribution in [3.05, 3.63) is 15.6 Å². The van der Waals surface area contributed by atoms with Crippen molar-refractivity contribution >= 4 is 41.3 Å². The van der Waals surface area contributed by atoms with Gasteiger partial charge < -0.3 is 20.1 Å². The number of thiazole rings is 1. The average Bonchev–Trinajstić information content (AvgIpc) is 3.27. The molecular formula is C19H35IN4O2S. The highest BCUT2D eigenvalue weighted by atomic mass is 127. The van der Waals surface area contributed by atoms with Crippen molar-refractivity contribution < 1.29 is 9.47 Å². The summed E-state index contributed by atoms with van der Waals surface area (Å²) in [5, 5.41) is 7.90. The molecule has 156 valence electrons. The lowest BCUT2D eigenvalue weighted by Gasteiger charge is -2.11. The van der Waals surface area contributed by atoms with E-state index >= 15 is 0 Å². The third-order valence-corrected chi connectivity index (χ3v) is 5.41. The first-order valence-corrected chi connectivity index (χ1v) is 10.7. The molecule has 0 radical (unpaired) electrons. The van der Waals surface area contributed by atoms with Gasteiger partial charge in [0.25, 0.3) is 0 Å². The van der Waals surface area contributed by atoms with Crippen molar-refractivity contribution in [3.8, 4) is 0 Å². The topological polar surface area (TPSA) is 67.8 Å². The van der Waals surface area contributed by atoms with E-state index < -0.39 is 0 Å². The Kier molecular flexibility index (Phi) is 13.2. The van der Waals surface area contributed by atoms with Crippen LogP contribution >= 0.6 is 35.3 Å². The van der Waals surface area contributed by atoms with Crippen LogP contribution < -0.4 is 10.6 Å². The van der Waals surface area contributed by atoms with Gasteiger partial charge in [-0.05, 0) is 33.1 Å². The monoisotopic (exact) mass is 510 g/mol. The first-order valence-electron chi connectivity index (χ1n) is 9.85. The van der Waals surface area contributed by atoms with Gasteiger partial charge in [-0.3, -0.25) is 4.99 Å². The summed E-state index contributed by atoms with van der Waals surface area (Å²) < 4.78 is 11.1. The summed E-state index contributed by atoms with van der Waals surface area (Å²) in [6.45, 7) is 12.2. The first kappa shape index (κ1) is 24.6. The summed E-state index contributed by atoms with van der Waals surface area (Å²) in [5.74, 6) is 1.46. The molecular weight excluding hydrogens is 475 g/mol. The maximum atomic E-state index is 5.73. The molecule has 0 saturated carbocycles. The number of aliphatic imine (C=N–C) groups is 1. The Balaban J connectivity index is 0.00000364. The Labute approximate surface area is 184 Å². The van der Waals surface area contributed by atoms with Gasteiger partial charge in [0.15, 0.2) is 5.96 Å². The normalized spacial score (nSPS) is 17.0. The Morgan fingerprint density at radius 3 is 2.89 bits per heavy atom. The van der Waals surface area contributed by atoms with Gasteiger partial charge in [0.1, 0.15) is 0 Å². The van der Waals surface area contributed by atoms with Gasteiger partial charge in [-0.2, -0.15) is 0 Å². The van der Waals surface area contributed by atoms with Gasteiger partial charge in [0.05, 0.1) is 23.9 Å². The molecule has 1 atom stereocenters. The van der Waals surface area contributed by atoms with Crippen LogP contribution in [0, 0.1) is 12.8 Å². The number of hydrogen-bond donors (Lipinski definition) is 2. The number of aromatic nitrogens is 1. The first-order chi connectivity index (χ1) is 12.7. The van der Waals surface area contributed by atoms with Crippen LogP contribution in [0.2, 0.25) is 0 Å². The number of halogens is 1. The number of rotatable bonds is 11. The summed E-state index contributed by atoms with van der Waals surface area (Å²) in [6.07, 6.45) is 4.01. The Hall–Kier alpha value is -0.450. The second kappa shape index (κ2) is 14.5. The second-order valence-corrected chi connectivity index (χ2v) is 7.85. The summed E-state index contributed by atoms with van der Waals surface area (Å²) in [6, 6.07) is 0. The number of guanidine groups is 1. The van der Waals surface area contributed by atoms with Crippen molar-refractivity contribution in [2.45, 2.75) is 46.5 Å². The van der Waals surface area contributed by atoms with E-state index in [4.69, 9.17) is 14.5 Å². The van der Waals surface area contributed by atoms with E-state index in [2.05, 4.69) is 36.4 Å². The second-order valence-electron chi connectivity index (χ2n) is 6.56. The number of nitrogens with zero attached hydrogens (tertiary/aromatic N) is 2. The molecule has 1 aliphatic heterocycles. The maximum absolute atomic E-state index is 5.73. The molecule has 2 rings (SSSR count). The molecule has 1 fully saturated rings. The maximum Gasteiger partial charge on any atom is 0.191 e. The van der Waals surface area contributed by atoms with E-state index in [1.165, 1.54) is 15.6 Å². The predicted octanol–water partition coefficient (Wildman–Crippen LogP) is 3.17. The summed E-state index contributed by atoms with van der Waals surface area (Å²) >= 11 is 1.80. The highest BCUT2D eigenvalue weighted by molar-refractivity contribution is 14.0. The fourth-order valence-corrected chi connectivity index (χ4v) is 3.90. The van der Waals surface area contributed by atoms with E-state index in [1.807, 2.05) is 0 Å². The van der Waals surface area contributed by atoms with Crippen molar-refractivity contribution in [2.24, 2.45) is 10.9 Å². The minimum absolute atomic E-state index is 0. The molecule has 1 unspecified atom stereocenters. The van der Waals surface area contributed by atoms with Crippen LogP contribution in [0.25, 0.3) is 0 Å². The number of nitrogens with one attached hydrogen (secondary N) is 2. The van der Waals surface area contributed by atoms with E-state index in [0.717, 1.165) is 77.7 Å². The zero-order valence-electron chi connectivity index (χ0n) is 16.9. The molecule has 1 aromatic rings. The van der Waals surface area contributed by atoms with Gasteiger partial charge >= 0.3 is 0 Å². The minimum Gasteiger partial charge on any atom is -0.381 e. The van der Waals surface area contributed by atoms with Crippen molar-refractivity contribution in [1.82, 2.24) is 15.6 Å². The van der Waals surface area contributed by atoms with Crippen LogP contribution in [0.5, 0.6) is 0 Å². The molecule has 1 aromatic heterocycles. The van der Waals surface area contributed by atoms with Crippen LogP contribution in [-0.4, -0.2) is 57.0 Å². The van der Waals surface area contributed by atoms with E-state index in [0.29, 0.717) is 5.92 Å². The summed E-state index contributed by atoms with van der Waals surface area (Å²) in [4.78, 5) is 10.7. The van der Waals surface area contributed by atoms with Gasteiger partial charge in [0.2, 0.25) is 0 Å². The fraction of sp³-hybridized carbons (Fsp3) is 0.789. The molecule has 2 N–H and O–H groups in total. The Morgan fingerprint density at radius 1 is 1.37 bits per heavy atom. The SMILES string of the molecule is CCNC(=NCCCOCC1CCOC1)NCCc1nc(CC)c(C)s1.I. The highest BCUT2D eigenvalue weighted by Gasteiger charge is 2.15. The zero-order chi connectivity index (χ0) is 18.6. The van der Waals surface area contributed by atoms with E-state index in [9.17, 15) is 0 Å². The molecule has 1 saturated heterocycles. The highest BCUT2D eigenvalue weighted by Crippen LogP contribution is 2.18. The Morgan fingerprint density at radius 2 is 2.22 bits per heavy atom. The molecule has 1 aliphatic rings. The standard InChI is InChI=1S/C19H34N4O2S.HI/c1-4-17-15(3)26-18(23-17)7-10-22-19(20-5-2)21-9-6-11-24-13-16-8-12-25-14-16;/h16H,4-14H2,1-3H3,(H2,20,21,22);1H. The molecule has 27 heavy (non-hydrogen) atoms. The molecule has 6 nitrogen and oxygen atoms in total. The zero-order valence-corrected chi connectivity index (χ0v) is 20.0. The third kappa shape index (κ3) is 9.54. The summed E-state index contributed by atoms with van der Waals surface area (Å²) in [7, 11) is 0. The largest absolute Gasteiger partial charge is 0.381 e. The van der Waals surface area contributed by atoms with Gasteiger partial charge in [-0.1, -0.05) is 6.92 Å². The van der Waals surface area contributed by atoms with Gasteiger partial charge in [-0.15, -0.1) is 35.3 Å². The lowest BCUT2D eigenvalue weighted by molar-refractivity contribution is 0.0893. The van der Waals surface area contributed by atoms with Crippen LogP contribution in [0.1, 0.15) is 42.3 Å². The third-order valence-electron chi connectivity index (χ3n) is 4.34. The van der Waals surface area contributed by atoms with Crippen molar-refractivity contribution in [2.75, 3.05) is 46.1 Å². The quantitative estimate of drug-likeness (QED) is 0.207. The van der Waals surface area contributed by atoms with Crippen LogP contribution in [0.3, 0.4) is 0 Å². The van der Waals surface area contributed by atoms with Crippen LogP contribution in [0.15, 0.2) is 4.99 Å². The molecule has 0 aliphatic carbocycles. The molecule has 2 heterocycles. The van der Waals surface area contributed by atoms with Crippen molar-refractivity contribution in [3.63, 3.8) is 0 Å². The van der Waals surface area contributed by atoms with Gasteiger partial charge in [-0.25, -0.2) is 4.98 Å².